The van der Waals surface area contributed by atoms with E-state index in [1.165, 1.54) is 0 Å². The van der Waals surface area contributed by atoms with Crippen molar-refractivity contribution in [3.63, 3.8) is 0 Å². The highest BCUT2D eigenvalue weighted by atomic mass is 32.2. The van der Waals surface area contributed by atoms with E-state index in [-0.39, 0.29) is 0 Å². The van der Waals surface area contributed by atoms with Crippen LogP contribution in [0.4, 0.5) is 0 Å². The lowest BCUT2D eigenvalue weighted by molar-refractivity contribution is 0.237. The fraction of sp³-hybridized carbons (Fsp3) is 0.750. The Morgan fingerprint density at radius 3 is 2.25 bits per heavy atom. The van der Waals surface area contributed by atoms with Crippen LogP contribution in [0.2, 0.25) is 0 Å². The summed E-state index contributed by atoms with van der Waals surface area (Å²) in [5.74, 6) is 2.62. The van der Waals surface area contributed by atoms with Crippen LogP contribution >= 0.6 is 0 Å². The summed E-state index contributed by atoms with van der Waals surface area (Å²) in [6, 6.07) is 0. The van der Waals surface area contributed by atoms with Gasteiger partial charge in [0.1, 0.15) is 6.10 Å². The Bertz CT molecular complexity index is 259. The third-order valence-corrected chi connectivity index (χ3v) is 1.74. The molecule has 0 heterocycles. The van der Waals surface area contributed by atoms with Crippen molar-refractivity contribution in [3.8, 4) is 12.3 Å². The molecule has 0 amide bonds. The highest BCUT2D eigenvalue weighted by Gasteiger charge is 2.13. The van der Waals surface area contributed by atoms with E-state index in [9.17, 15) is 8.42 Å². The van der Waals surface area contributed by atoms with E-state index in [4.69, 9.17) is 6.42 Å². The van der Waals surface area contributed by atoms with Crippen LogP contribution in [-0.4, -0.2) is 20.8 Å². The zero-order chi connectivity index (χ0) is 9.78. The number of terminal acetylenes is 1. The Balaban J connectivity index is 4.13. The van der Waals surface area contributed by atoms with Gasteiger partial charge in [-0.05, 0) is 12.3 Å². The predicted octanol–water partition coefficient (Wildman–Crippen LogP) is 1.01. The van der Waals surface area contributed by atoms with E-state index in [1.54, 1.807) is 0 Å². The van der Waals surface area contributed by atoms with Crippen LogP contribution < -0.4 is 0 Å². The summed E-state index contributed by atoms with van der Waals surface area (Å²) in [5.41, 5.74) is 0. The molecule has 70 valence electrons. The lowest BCUT2D eigenvalue weighted by Gasteiger charge is -2.11. The van der Waals surface area contributed by atoms with Crippen LogP contribution in [0.3, 0.4) is 0 Å². The number of hydrogen-bond donors (Lipinski definition) is 0. The van der Waals surface area contributed by atoms with Gasteiger partial charge >= 0.3 is 0 Å². The Hall–Kier alpha value is -0.530. The minimum atomic E-state index is -3.42. The third kappa shape index (κ3) is 6.20. The minimum Gasteiger partial charge on any atom is -0.254 e. The van der Waals surface area contributed by atoms with Crippen molar-refractivity contribution in [3.05, 3.63) is 0 Å². The summed E-state index contributed by atoms with van der Waals surface area (Å²) < 4.78 is 26.0. The molecular weight excluding hydrogens is 176 g/mol. The topological polar surface area (TPSA) is 43.4 Å². The normalized spacial score (nSPS) is 14.2. The fourth-order valence-electron chi connectivity index (χ4n) is 0.774. The van der Waals surface area contributed by atoms with Crippen LogP contribution in [-0.2, 0) is 14.3 Å². The van der Waals surface area contributed by atoms with E-state index in [0.29, 0.717) is 12.3 Å². The summed E-state index contributed by atoms with van der Waals surface area (Å²) >= 11 is 0. The van der Waals surface area contributed by atoms with E-state index < -0.39 is 16.2 Å². The smallest absolute Gasteiger partial charge is 0.254 e. The Morgan fingerprint density at radius 2 is 2.00 bits per heavy atom. The first kappa shape index (κ1) is 11.5. The standard InChI is InChI=1S/C8H14O3S/c1-5-8(6-7(2)3)11-12(4,9)10/h1,7-8H,6H2,2-4H3/t8-/m0/s1. The van der Waals surface area contributed by atoms with Crippen LogP contribution in [0.5, 0.6) is 0 Å². The van der Waals surface area contributed by atoms with E-state index in [0.717, 1.165) is 6.26 Å². The summed E-state index contributed by atoms with van der Waals surface area (Å²) in [7, 11) is -3.42. The molecule has 0 saturated heterocycles. The third-order valence-electron chi connectivity index (χ3n) is 1.16. The average Bonchev–Trinajstić information content (AvgIpc) is 1.82. The molecule has 0 aromatic heterocycles. The first-order valence-corrected chi connectivity index (χ1v) is 5.51. The maximum atomic E-state index is 10.7. The second kappa shape index (κ2) is 4.48. The van der Waals surface area contributed by atoms with Gasteiger partial charge in [-0.1, -0.05) is 19.8 Å². The largest absolute Gasteiger partial charge is 0.265 e. The molecule has 0 rings (SSSR count). The molecule has 1 atom stereocenters. The molecule has 0 aromatic rings. The molecule has 0 spiro atoms. The molecule has 0 unspecified atom stereocenters. The van der Waals surface area contributed by atoms with Crippen molar-refractivity contribution in [2.45, 2.75) is 26.4 Å². The second-order valence-electron chi connectivity index (χ2n) is 3.09. The molecular formula is C8H14O3S. The van der Waals surface area contributed by atoms with Crippen molar-refractivity contribution in [2.75, 3.05) is 6.26 Å². The Kier molecular flexibility index (Phi) is 4.29. The molecule has 0 radical (unpaired) electrons. The van der Waals surface area contributed by atoms with Crippen LogP contribution in [0, 0.1) is 18.3 Å². The zero-order valence-corrected chi connectivity index (χ0v) is 8.39. The van der Waals surface area contributed by atoms with Crippen molar-refractivity contribution in [1.82, 2.24) is 0 Å². The first-order valence-electron chi connectivity index (χ1n) is 3.69. The van der Waals surface area contributed by atoms with Gasteiger partial charge in [0.2, 0.25) is 0 Å². The highest BCUT2D eigenvalue weighted by Crippen LogP contribution is 2.09. The van der Waals surface area contributed by atoms with E-state index in [1.807, 2.05) is 13.8 Å². The molecule has 3 nitrogen and oxygen atoms in total. The van der Waals surface area contributed by atoms with Crippen LogP contribution in [0.15, 0.2) is 0 Å². The van der Waals surface area contributed by atoms with Gasteiger partial charge in [-0.2, -0.15) is 8.42 Å². The first-order chi connectivity index (χ1) is 5.35. The highest BCUT2D eigenvalue weighted by molar-refractivity contribution is 7.86. The van der Waals surface area contributed by atoms with Gasteiger partial charge in [0.05, 0.1) is 6.26 Å². The van der Waals surface area contributed by atoms with Crippen molar-refractivity contribution in [1.29, 1.82) is 0 Å². The summed E-state index contributed by atoms with van der Waals surface area (Å²) in [5, 5.41) is 0. The summed E-state index contributed by atoms with van der Waals surface area (Å²) in [6.07, 6.45) is 6.02. The lowest BCUT2D eigenvalue weighted by atomic mass is 10.1. The molecule has 0 aliphatic heterocycles. The van der Waals surface area contributed by atoms with Gasteiger partial charge in [0.25, 0.3) is 10.1 Å². The Labute approximate surface area is 74.2 Å². The quantitative estimate of drug-likeness (QED) is 0.491. The predicted molar refractivity (Wildman–Crippen MR) is 48.0 cm³/mol. The van der Waals surface area contributed by atoms with Gasteiger partial charge < -0.3 is 0 Å². The molecule has 0 N–H and O–H groups in total. The number of rotatable bonds is 4. The van der Waals surface area contributed by atoms with E-state index >= 15 is 0 Å². The van der Waals surface area contributed by atoms with Gasteiger partial charge in [-0.25, -0.2) is 0 Å². The fourth-order valence-corrected chi connectivity index (χ4v) is 1.33. The minimum absolute atomic E-state index is 0.327. The number of hydrogen-bond acceptors (Lipinski definition) is 3. The second-order valence-corrected chi connectivity index (χ2v) is 4.69. The summed E-state index contributed by atoms with van der Waals surface area (Å²) in [6.45, 7) is 3.91. The van der Waals surface area contributed by atoms with Gasteiger partial charge in [-0.15, -0.1) is 6.42 Å². The monoisotopic (exact) mass is 190 g/mol. The van der Waals surface area contributed by atoms with Crippen molar-refractivity contribution in [2.24, 2.45) is 5.92 Å². The van der Waals surface area contributed by atoms with Crippen molar-refractivity contribution < 1.29 is 12.6 Å². The summed E-state index contributed by atoms with van der Waals surface area (Å²) in [4.78, 5) is 0. The zero-order valence-electron chi connectivity index (χ0n) is 7.57. The molecule has 4 heteroatoms. The molecule has 0 bridgehead atoms. The molecule has 0 saturated carbocycles. The lowest BCUT2D eigenvalue weighted by Crippen LogP contribution is -2.17. The van der Waals surface area contributed by atoms with E-state index in [2.05, 4.69) is 10.1 Å². The van der Waals surface area contributed by atoms with Gasteiger partial charge in [0.15, 0.2) is 0 Å². The van der Waals surface area contributed by atoms with Crippen molar-refractivity contribution >= 4 is 10.1 Å². The Morgan fingerprint density at radius 1 is 1.50 bits per heavy atom. The molecule has 0 fully saturated rings. The molecule has 12 heavy (non-hydrogen) atoms. The van der Waals surface area contributed by atoms with Crippen LogP contribution in [0.25, 0.3) is 0 Å². The average molecular weight is 190 g/mol. The SMILES string of the molecule is C#C[C@@H](CC(C)C)OS(C)(=O)=O. The van der Waals surface area contributed by atoms with Crippen LogP contribution in [0.1, 0.15) is 20.3 Å². The molecule has 0 aliphatic rings. The maximum absolute atomic E-state index is 10.7. The molecule has 0 aromatic carbocycles. The molecule has 0 aliphatic carbocycles. The van der Waals surface area contributed by atoms with Gasteiger partial charge in [0, 0.05) is 0 Å². The van der Waals surface area contributed by atoms with Gasteiger partial charge in [-0.3, -0.25) is 4.18 Å². The maximum Gasteiger partial charge on any atom is 0.265 e.